The zero-order chi connectivity index (χ0) is 25.1. The molecule has 0 unspecified atom stereocenters. The van der Waals surface area contributed by atoms with Crippen molar-refractivity contribution in [1.29, 1.82) is 0 Å². The number of nitrogens with zero attached hydrogens (tertiary/aromatic N) is 2. The number of amides is 1. The van der Waals surface area contributed by atoms with Gasteiger partial charge in [-0.15, -0.1) is 0 Å². The smallest absolute Gasteiger partial charge is 0.295 e. The molecule has 0 saturated carbocycles. The van der Waals surface area contributed by atoms with Crippen molar-refractivity contribution in [3.05, 3.63) is 88.8 Å². The minimum Gasteiger partial charge on any atom is -0.507 e. The van der Waals surface area contributed by atoms with Crippen LogP contribution in [-0.2, 0) is 16.1 Å². The van der Waals surface area contributed by atoms with Crippen LogP contribution in [0.25, 0.3) is 5.76 Å². The Balaban J connectivity index is 1.90. The molecule has 1 N–H and O–H groups in total. The molecule has 180 valence electrons. The summed E-state index contributed by atoms with van der Waals surface area (Å²) in [5, 5.41) is 11.3. The molecule has 1 fully saturated rings. The molecule has 2 heterocycles. The molecule has 8 nitrogen and oxygen atoms in total. The lowest BCUT2D eigenvalue weighted by Gasteiger charge is -2.26. The second-order valence-electron chi connectivity index (χ2n) is 8.09. The van der Waals surface area contributed by atoms with Gasteiger partial charge in [0.1, 0.15) is 11.5 Å². The number of methoxy groups -OCH3 is 3. The maximum Gasteiger partial charge on any atom is 0.295 e. The van der Waals surface area contributed by atoms with Gasteiger partial charge < -0.3 is 24.2 Å². The molecule has 1 atom stereocenters. The third kappa shape index (κ3) is 4.42. The van der Waals surface area contributed by atoms with Crippen molar-refractivity contribution in [2.45, 2.75) is 19.5 Å². The highest BCUT2D eigenvalue weighted by molar-refractivity contribution is 6.46. The Hall–Kier alpha value is -4.33. The van der Waals surface area contributed by atoms with Crippen molar-refractivity contribution in [2.24, 2.45) is 0 Å². The summed E-state index contributed by atoms with van der Waals surface area (Å²) in [6.45, 7) is 1.97. The quantitative estimate of drug-likeness (QED) is 0.314. The van der Waals surface area contributed by atoms with Crippen LogP contribution in [-0.4, -0.2) is 48.0 Å². The van der Waals surface area contributed by atoms with Crippen LogP contribution in [0.3, 0.4) is 0 Å². The average molecular weight is 475 g/mol. The van der Waals surface area contributed by atoms with Gasteiger partial charge in [-0.3, -0.25) is 14.6 Å². The minimum absolute atomic E-state index is 0.00400. The number of aliphatic hydroxyl groups excluding tert-OH is 1. The van der Waals surface area contributed by atoms with E-state index >= 15 is 0 Å². The number of carbonyl (C=O) groups is 2. The van der Waals surface area contributed by atoms with Gasteiger partial charge in [0.05, 0.1) is 32.9 Å². The number of aromatic nitrogens is 1. The molecule has 8 heteroatoms. The van der Waals surface area contributed by atoms with E-state index in [9.17, 15) is 14.7 Å². The number of aliphatic hydroxyl groups is 1. The normalized spacial score (nSPS) is 16.9. The standard InChI is InChI=1S/C27H26N2O6/c1-16-12-19(8-9-20(16)33-2)25(30)23-24(18-7-10-21(34-3)22(13-18)35-4)29(27(32)26(23)31)15-17-6-5-11-28-14-17/h5-14,24,30H,15H2,1-4H3/t24-/m1/s1. The van der Waals surface area contributed by atoms with Gasteiger partial charge in [0.25, 0.3) is 11.7 Å². The summed E-state index contributed by atoms with van der Waals surface area (Å²) in [6.07, 6.45) is 3.27. The molecule has 0 spiro atoms. The Labute approximate surface area is 203 Å². The molecule has 0 radical (unpaired) electrons. The van der Waals surface area contributed by atoms with Gasteiger partial charge in [-0.2, -0.15) is 0 Å². The van der Waals surface area contributed by atoms with Crippen molar-refractivity contribution in [3.63, 3.8) is 0 Å². The van der Waals surface area contributed by atoms with Crippen molar-refractivity contribution in [1.82, 2.24) is 9.88 Å². The first-order valence-electron chi connectivity index (χ1n) is 10.9. The lowest BCUT2D eigenvalue weighted by Crippen LogP contribution is -2.29. The van der Waals surface area contributed by atoms with E-state index in [2.05, 4.69) is 4.98 Å². The number of aryl methyl sites for hydroxylation is 1. The number of ketones is 1. The molecule has 0 aliphatic carbocycles. The Kier molecular flexibility index (Phi) is 6.73. The third-order valence-electron chi connectivity index (χ3n) is 6.01. The number of Topliss-reactive ketones (excluding diaryl/α,β-unsaturated/α-hetero) is 1. The lowest BCUT2D eigenvalue weighted by molar-refractivity contribution is -0.140. The van der Waals surface area contributed by atoms with E-state index in [1.165, 1.54) is 19.1 Å². The highest BCUT2D eigenvalue weighted by Crippen LogP contribution is 2.42. The number of ether oxygens (including phenoxy) is 3. The van der Waals surface area contributed by atoms with Crippen LogP contribution in [0.1, 0.15) is 28.3 Å². The van der Waals surface area contributed by atoms with Crippen molar-refractivity contribution < 1.29 is 28.9 Å². The summed E-state index contributed by atoms with van der Waals surface area (Å²) < 4.78 is 16.1. The van der Waals surface area contributed by atoms with E-state index in [1.807, 2.05) is 13.0 Å². The minimum atomic E-state index is -0.850. The van der Waals surface area contributed by atoms with Crippen LogP contribution >= 0.6 is 0 Å². The molecule has 1 aromatic heterocycles. The fourth-order valence-corrected chi connectivity index (χ4v) is 4.28. The third-order valence-corrected chi connectivity index (χ3v) is 6.01. The summed E-state index contributed by atoms with van der Waals surface area (Å²) in [5.41, 5.74) is 2.53. The second kappa shape index (κ2) is 9.89. The number of rotatable bonds is 7. The van der Waals surface area contributed by atoms with Crippen molar-refractivity contribution >= 4 is 17.4 Å². The number of likely N-dealkylation sites (tertiary alicyclic amines) is 1. The first-order valence-corrected chi connectivity index (χ1v) is 10.9. The zero-order valence-electron chi connectivity index (χ0n) is 19.9. The largest absolute Gasteiger partial charge is 0.507 e. The first-order chi connectivity index (χ1) is 16.9. The Morgan fingerprint density at radius 3 is 2.31 bits per heavy atom. The monoisotopic (exact) mass is 474 g/mol. The Morgan fingerprint density at radius 2 is 1.69 bits per heavy atom. The van der Waals surface area contributed by atoms with E-state index in [-0.39, 0.29) is 17.9 Å². The fraction of sp³-hybridized carbons (Fsp3) is 0.222. The van der Waals surface area contributed by atoms with E-state index in [0.717, 1.165) is 11.1 Å². The van der Waals surface area contributed by atoms with Crippen LogP contribution in [0.2, 0.25) is 0 Å². The van der Waals surface area contributed by atoms with Gasteiger partial charge in [0.15, 0.2) is 11.5 Å². The Morgan fingerprint density at radius 1 is 0.971 bits per heavy atom. The fourth-order valence-electron chi connectivity index (χ4n) is 4.28. The van der Waals surface area contributed by atoms with E-state index in [0.29, 0.717) is 28.4 Å². The van der Waals surface area contributed by atoms with E-state index in [1.54, 1.807) is 62.0 Å². The average Bonchev–Trinajstić information content (AvgIpc) is 3.13. The highest BCUT2D eigenvalue weighted by atomic mass is 16.5. The van der Waals surface area contributed by atoms with Crippen molar-refractivity contribution in [2.75, 3.05) is 21.3 Å². The summed E-state index contributed by atoms with van der Waals surface area (Å²) in [7, 11) is 4.59. The molecule has 35 heavy (non-hydrogen) atoms. The summed E-state index contributed by atoms with van der Waals surface area (Å²) in [4.78, 5) is 32.1. The predicted octanol–water partition coefficient (Wildman–Crippen LogP) is 4.04. The maximum absolute atomic E-state index is 13.3. The number of pyridine rings is 1. The first kappa shape index (κ1) is 23.8. The van der Waals surface area contributed by atoms with Gasteiger partial charge in [-0.05, 0) is 60.0 Å². The summed E-state index contributed by atoms with van der Waals surface area (Å²) in [5.74, 6) is -0.138. The van der Waals surface area contributed by atoms with Gasteiger partial charge in [0, 0.05) is 24.5 Å². The van der Waals surface area contributed by atoms with Gasteiger partial charge >= 0.3 is 0 Å². The highest BCUT2D eigenvalue weighted by Gasteiger charge is 2.46. The van der Waals surface area contributed by atoms with Gasteiger partial charge in [-0.25, -0.2) is 0 Å². The molecule has 1 aliphatic heterocycles. The molecule has 1 aliphatic rings. The molecule has 4 rings (SSSR count). The summed E-state index contributed by atoms with van der Waals surface area (Å²) >= 11 is 0. The molecular weight excluding hydrogens is 448 g/mol. The van der Waals surface area contributed by atoms with Gasteiger partial charge in [-0.1, -0.05) is 12.1 Å². The molecule has 1 amide bonds. The number of hydrogen-bond acceptors (Lipinski definition) is 7. The molecule has 1 saturated heterocycles. The molecule has 0 bridgehead atoms. The second-order valence-corrected chi connectivity index (χ2v) is 8.09. The van der Waals surface area contributed by atoms with Crippen molar-refractivity contribution in [3.8, 4) is 17.2 Å². The van der Waals surface area contributed by atoms with E-state index < -0.39 is 17.7 Å². The topological polar surface area (TPSA) is 98.2 Å². The number of carbonyl (C=O) groups excluding carboxylic acids is 2. The SMILES string of the molecule is COc1ccc(C(O)=C2C(=O)C(=O)N(Cc3cccnc3)[C@@H]2c2ccc(OC)c(OC)c2)cc1C. The van der Waals surface area contributed by atoms with Crippen LogP contribution in [0.15, 0.2) is 66.5 Å². The maximum atomic E-state index is 13.3. The molecular formula is C27H26N2O6. The lowest BCUT2D eigenvalue weighted by atomic mass is 9.94. The number of benzene rings is 2. The van der Waals surface area contributed by atoms with Crippen LogP contribution in [0.5, 0.6) is 17.2 Å². The molecule has 3 aromatic rings. The summed E-state index contributed by atoms with van der Waals surface area (Å²) in [6, 6.07) is 13.0. The molecule has 2 aromatic carbocycles. The van der Waals surface area contributed by atoms with Gasteiger partial charge in [0.2, 0.25) is 0 Å². The number of hydrogen-bond donors (Lipinski definition) is 1. The Bertz CT molecular complexity index is 1300. The predicted molar refractivity (Wildman–Crippen MR) is 129 cm³/mol. The van der Waals surface area contributed by atoms with Crippen LogP contribution in [0, 0.1) is 6.92 Å². The zero-order valence-corrected chi connectivity index (χ0v) is 19.9. The van der Waals surface area contributed by atoms with Crippen LogP contribution < -0.4 is 14.2 Å². The van der Waals surface area contributed by atoms with Crippen LogP contribution in [0.4, 0.5) is 0 Å². The van der Waals surface area contributed by atoms with E-state index in [4.69, 9.17) is 14.2 Å².